The summed E-state index contributed by atoms with van der Waals surface area (Å²) in [7, 11) is 0.496. The lowest BCUT2D eigenvalue weighted by Crippen LogP contribution is -2.21. The Morgan fingerprint density at radius 2 is 1.89 bits per heavy atom. The molecule has 1 unspecified atom stereocenters. The van der Waals surface area contributed by atoms with Gasteiger partial charge in [0.2, 0.25) is 5.91 Å². The minimum absolute atomic E-state index is 0.134. The van der Waals surface area contributed by atoms with E-state index in [0.717, 1.165) is 46.5 Å². The molecule has 37 heavy (non-hydrogen) atoms. The van der Waals surface area contributed by atoms with Crippen LogP contribution in [0.3, 0.4) is 0 Å². The van der Waals surface area contributed by atoms with Crippen LogP contribution in [0.15, 0.2) is 82.3 Å². The fourth-order valence-electron chi connectivity index (χ4n) is 4.36. The second kappa shape index (κ2) is 11.8. The summed E-state index contributed by atoms with van der Waals surface area (Å²) in [5.74, 6) is 0.573. The Morgan fingerprint density at radius 3 is 2.59 bits per heavy atom. The van der Waals surface area contributed by atoms with Gasteiger partial charge in [0, 0.05) is 33.2 Å². The largest absolute Gasteiger partial charge is 0.497 e. The number of hydrogen-bond acceptors (Lipinski definition) is 6. The third-order valence-electron chi connectivity index (χ3n) is 6.19. The highest BCUT2D eigenvalue weighted by Gasteiger charge is 2.24. The van der Waals surface area contributed by atoms with E-state index in [1.165, 1.54) is 6.21 Å². The van der Waals surface area contributed by atoms with Crippen molar-refractivity contribution in [1.82, 2.24) is 0 Å². The highest BCUT2D eigenvalue weighted by atomic mass is 32.2. The third kappa shape index (κ3) is 6.21. The lowest BCUT2D eigenvalue weighted by atomic mass is 9.89. The number of hydrogen-bond donors (Lipinski definition) is 1. The van der Waals surface area contributed by atoms with Crippen molar-refractivity contribution >= 4 is 46.3 Å². The zero-order valence-electron chi connectivity index (χ0n) is 21.1. The highest BCUT2D eigenvalue weighted by Crippen LogP contribution is 2.38. The van der Waals surface area contributed by atoms with Crippen LogP contribution in [0.4, 0.5) is 11.4 Å². The molecule has 1 aliphatic rings. The van der Waals surface area contributed by atoms with Crippen molar-refractivity contribution < 1.29 is 18.5 Å². The summed E-state index contributed by atoms with van der Waals surface area (Å²) in [6, 6.07) is 20.6. The second-order valence-corrected chi connectivity index (χ2v) is 10.1. The minimum atomic E-state index is -1.10. The Morgan fingerprint density at radius 1 is 1.11 bits per heavy atom. The molecule has 8 heteroatoms. The normalized spacial score (nSPS) is 13.7. The third-order valence-corrected chi connectivity index (χ3v) is 7.13. The second-order valence-electron chi connectivity index (χ2n) is 8.74. The zero-order valence-corrected chi connectivity index (χ0v) is 21.9. The summed E-state index contributed by atoms with van der Waals surface area (Å²) >= 11 is 0. The van der Waals surface area contributed by atoms with Gasteiger partial charge in [-0.2, -0.15) is 5.10 Å². The Balaban J connectivity index is 1.65. The van der Waals surface area contributed by atoms with E-state index in [1.54, 1.807) is 30.5 Å². The average Bonchev–Trinajstić information content (AvgIpc) is 2.90. The number of allylic oxidation sites excluding steroid dienone is 1. The number of carbonyl (C=O) groups is 2. The Kier molecular flexibility index (Phi) is 8.30. The van der Waals surface area contributed by atoms with E-state index in [1.807, 2.05) is 61.5 Å². The molecule has 0 saturated heterocycles. The van der Waals surface area contributed by atoms with Crippen LogP contribution in [0.25, 0.3) is 5.70 Å². The fraction of sp³-hybridized carbons (Fsp3) is 0.207. The van der Waals surface area contributed by atoms with E-state index in [-0.39, 0.29) is 12.3 Å². The van der Waals surface area contributed by atoms with Crippen LogP contribution >= 0.6 is 0 Å². The first kappa shape index (κ1) is 26.0. The first-order valence-electron chi connectivity index (χ1n) is 11.9. The van der Waals surface area contributed by atoms with Gasteiger partial charge in [-0.3, -0.25) is 13.8 Å². The molecule has 4 rings (SSSR count). The highest BCUT2D eigenvalue weighted by molar-refractivity contribution is 7.84. The molecule has 0 heterocycles. The van der Waals surface area contributed by atoms with E-state index in [9.17, 15) is 13.8 Å². The summed E-state index contributed by atoms with van der Waals surface area (Å²) in [6.07, 6.45) is 5.40. The summed E-state index contributed by atoms with van der Waals surface area (Å²) in [5.41, 5.74) is 6.30. The van der Waals surface area contributed by atoms with Gasteiger partial charge in [-0.25, -0.2) is 5.01 Å². The van der Waals surface area contributed by atoms with Crippen LogP contribution in [0.1, 0.15) is 30.0 Å². The number of aldehydes is 1. The average molecular weight is 516 g/mol. The van der Waals surface area contributed by atoms with Crippen molar-refractivity contribution in [2.75, 3.05) is 23.7 Å². The summed E-state index contributed by atoms with van der Waals surface area (Å²) < 4.78 is 17.1. The molecule has 7 nitrogen and oxygen atoms in total. The van der Waals surface area contributed by atoms with E-state index in [2.05, 4.69) is 10.4 Å². The fourth-order valence-corrected chi connectivity index (χ4v) is 4.88. The van der Waals surface area contributed by atoms with Gasteiger partial charge in [0.1, 0.15) is 5.75 Å². The number of carbonyl (C=O) groups excluding carboxylic acids is 2. The standard InChI is InChI=1S/C29H29N3O4S/c1-20-7-8-22-9-10-23(31-28(34)18-21-5-4-6-25(17-21)36-2)19-27(22)29(20)32(30-15-16-33)24-11-13-26(14-12-24)37(3)35/h4-6,9-17,19H,7-8,18H2,1-3H3,(H,31,34)/b30-15+. The van der Waals surface area contributed by atoms with Gasteiger partial charge in [0.05, 0.1) is 31.1 Å². The lowest BCUT2D eigenvalue weighted by Gasteiger charge is -2.30. The topological polar surface area (TPSA) is 88.1 Å². The number of nitrogens with one attached hydrogen (secondary N) is 1. The van der Waals surface area contributed by atoms with Crippen molar-refractivity contribution in [3.05, 3.63) is 89.0 Å². The van der Waals surface area contributed by atoms with Crippen LogP contribution in [0, 0.1) is 0 Å². The van der Waals surface area contributed by atoms with Crippen molar-refractivity contribution in [2.45, 2.75) is 31.1 Å². The molecule has 0 spiro atoms. The van der Waals surface area contributed by atoms with Gasteiger partial charge in [-0.1, -0.05) is 18.2 Å². The molecule has 3 aromatic carbocycles. The number of aryl methyl sites for hydroxylation is 1. The van der Waals surface area contributed by atoms with Crippen LogP contribution < -0.4 is 15.1 Å². The molecular formula is C29H29N3O4S. The molecule has 1 atom stereocenters. The number of benzene rings is 3. The molecular weight excluding hydrogens is 486 g/mol. The molecule has 1 amide bonds. The van der Waals surface area contributed by atoms with Gasteiger partial charge >= 0.3 is 0 Å². The van der Waals surface area contributed by atoms with Crippen molar-refractivity contribution in [3.8, 4) is 5.75 Å². The SMILES string of the molecule is COc1cccc(CC(=O)Nc2ccc3c(c2)C(N(/N=C/C=O)c2ccc(S(C)=O)cc2)=C(C)CC3)c1. The first-order chi connectivity index (χ1) is 17.9. The lowest BCUT2D eigenvalue weighted by molar-refractivity contribution is -0.115. The molecule has 190 valence electrons. The number of methoxy groups -OCH3 is 1. The maximum absolute atomic E-state index is 12.8. The quantitative estimate of drug-likeness (QED) is 0.247. The van der Waals surface area contributed by atoms with Crippen molar-refractivity contribution in [1.29, 1.82) is 0 Å². The van der Waals surface area contributed by atoms with Crippen LogP contribution in [0.2, 0.25) is 0 Å². The summed E-state index contributed by atoms with van der Waals surface area (Å²) in [5, 5.41) is 9.16. The smallest absolute Gasteiger partial charge is 0.228 e. The minimum Gasteiger partial charge on any atom is -0.497 e. The molecule has 3 aromatic rings. The Hall–Kier alpha value is -4.04. The van der Waals surface area contributed by atoms with Gasteiger partial charge in [-0.15, -0.1) is 0 Å². The number of amides is 1. The zero-order chi connectivity index (χ0) is 26.4. The van der Waals surface area contributed by atoms with Gasteiger partial charge < -0.3 is 10.1 Å². The number of ether oxygens (including phenoxy) is 1. The van der Waals surface area contributed by atoms with Crippen molar-refractivity contribution in [3.63, 3.8) is 0 Å². The van der Waals surface area contributed by atoms with E-state index in [0.29, 0.717) is 22.6 Å². The number of hydrazone groups is 1. The van der Waals surface area contributed by atoms with Gasteiger partial charge in [-0.05, 0) is 85.0 Å². The van der Waals surface area contributed by atoms with Crippen LogP contribution in [0.5, 0.6) is 5.75 Å². The molecule has 0 bridgehead atoms. The van der Waals surface area contributed by atoms with Crippen LogP contribution in [-0.4, -0.2) is 36.0 Å². The van der Waals surface area contributed by atoms with Gasteiger partial charge in [0.15, 0.2) is 6.29 Å². The number of nitrogens with zero attached hydrogens (tertiary/aromatic N) is 2. The molecule has 0 aromatic heterocycles. The number of fused-ring (bicyclic) bond motifs is 1. The monoisotopic (exact) mass is 515 g/mol. The molecule has 0 radical (unpaired) electrons. The predicted octanol–water partition coefficient (Wildman–Crippen LogP) is 4.98. The molecule has 0 saturated carbocycles. The molecule has 1 N–H and O–H groups in total. The molecule has 0 aliphatic heterocycles. The van der Waals surface area contributed by atoms with E-state index in [4.69, 9.17) is 4.74 Å². The van der Waals surface area contributed by atoms with E-state index >= 15 is 0 Å². The molecule has 0 fully saturated rings. The summed E-state index contributed by atoms with van der Waals surface area (Å²) in [4.78, 5) is 24.7. The number of rotatable bonds is 9. The van der Waals surface area contributed by atoms with E-state index < -0.39 is 10.8 Å². The maximum Gasteiger partial charge on any atom is 0.228 e. The van der Waals surface area contributed by atoms with Crippen LogP contribution in [-0.2, 0) is 33.2 Å². The first-order valence-corrected chi connectivity index (χ1v) is 13.4. The maximum atomic E-state index is 12.8. The summed E-state index contributed by atoms with van der Waals surface area (Å²) in [6.45, 7) is 2.05. The number of anilines is 2. The molecule has 1 aliphatic carbocycles. The van der Waals surface area contributed by atoms with Gasteiger partial charge in [0.25, 0.3) is 0 Å². The van der Waals surface area contributed by atoms with Crippen molar-refractivity contribution in [2.24, 2.45) is 5.10 Å². The predicted molar refractivity (Wildman–Crippen MR) is 148 cm³/mol. The Bertz CT molecular complexity index is 1400. The Labute approximate surface area is 219 Å².